The number of thiazole rings is 1. The first-order valence-corrected chi connectivity index (χ1v) is 8.33. The molecule has 0 unspecified atom stereocenters. The van der Waals surface area contributed by atoms with E-state index in [9.17, 15) is 0 Å². The van der Waals surface area contributed by atoms with Crippen molar-refractivity contribution < 1.29 is 0 Å². The normalized spacial score (nSPS) is 10.8. The monoisotopic (exact) mass is 300 g/mol. The van der Waals surface area contributed by atoms with Crippen molar-refractivity contribution in [3.63, 3.8) is 0 Å². The van der Waals surface area contributed by atoms with E-state index in [0.717, 1.165) is 18.5 Å². The number of hydrogen-bond acceptors (Lipinski definition) is 4. The quantitative estimate of drug-likeness (QED) is 0.774. The van der Waals surface area contributed by atoms with Crippen molar-refractivity contribution in [3.8, 4) is 11.3 Å². The average molecular weight is 300 g/mol. The number of nitrogens with zero attached hydrogens (tertiary/aromatic N) is 1. The van der Waals surface area contributed by atoms with Gasteiger partial charge in [-0.3, -0.25) is 0 Å². The minimum Gasteiger partial charge on any atom is -0.330 e. The van der Waals surface area contributed by atoms with Crippen molar-refractivity contribution >= 4 is 22.7 Å². The summed E-state index contributed by atoms with van der Waals surface area (Å²) in [5.74, 6) is 0. The summed E-state index contributed by atoms with van der Waals surface area (Å²) in [6, 6.07) is 14.6. The number of hydrogen-bond donors (Lipinski definition) is 1. The third-order valence-electron chi connectivity index (χ3n) is 3.07. The summed E-state index contributed by atoms with van der Waals surface area (Å²) in [4.78, 5) is 7.50. The summed E-state index contributed by atoms with van der Waals surface area (Å²) >= 11 is 3.58. The fourth-order valence-electron chi connectivity index (χ4n) is 2.16. The Morgan fingerprint density at radius 3 is 2.60 bits per heavy atom. The van der Waals surface area contributed by atoms with E-state index < -0.39 is 0 Å². The lowest BCUT2D eigenvalue weighted by atomic mass is 10.1. The van der Waals surface area contributed by atoms with Crippen LogP contribution in [-0.2, 0) is 12.8 Å². The lowest BCUT2D eigenvalue weighted by molar-refractivity contribution is 0.985. The number of benzene rings is 1. The Morgan fingerprint density at radius 1 is 1.05 bits per heavy atom. The molecule has 0 amide bonds. The van der Waals surface area contributed by atoms with Crippen LogP contribution in [0.15, 0.2) is 47.8 Å². The van der Waals surface area contributed by atoms with Gasteiger partial charge in [-0.25, -0.2) is 4.98 Å². The maximum atomic E-state index is 5.73. The van der Waals surface area contributed by atoms with Gasteiger partial charge in [-0.1, -0.05) is 36.4 Å². The lowest BCUT2D eigenvalue weighted by Crippen LogP contribution is -2.02. The zero-order valence-corrected chi connectivity index (χ0v) is 12.7. The fraction of sp³-hybridized carbons (Fsp3) is 0.188. The molecule has 4 heteroatoms. The van der Waals surface area contributed by atoms with E-state index in [2.05, 4.69) is 41.8 Å². The van der Waals surface area contributed by atoms with Gasteiger partial charge in [-0.05, 0) is 24.4 Å². The molecule has 20 heavy (non-hydrogen) atoms. The molecule has 2 N–H and O–H groups in total. The van der Waals surface area contributed by atoms with Crippen LogP contribution in [0.1, 0.15) is 14.8 Å². The smallest absolute Gasteiger partial charge is 0.0987 e. The maximum absolute atomic E-state index is 5.73. The van der Waals surface area contributed by atoms with E-state index in [1.165, 1.54) is 20.3 Å². The van der Waals surface area contributed by atoms with Crippen LogP contribution in [-0.4, -0.2) is 11.5 Å². The molecule has 0 fully saturated rings. The zero-order valence-electron chi connectivity index (χ0n) is 11.1. The van der Waals surface area contributed by atoms with Crippen LogP contribution >= 0.6 is 22.7 Å². The van der Waals surface area contributed by atoms with Gasteiger partial charge in [-0.15, -0.1) is 22.7 Å². The SMILES string of the molecule is NCCc1sc(Cc2cccs2)nc1-c1ccccc1. The first-order valence-electron chi connectivity index (χ1n) is 6.63. The van der Waals surface area contributed by atoms with Crippen molar-refractivity contribution in [1.29, 1.82) is 0 Å². The Kier molecular flexibility index (Phi) is 4.25. The number of nitrogens with two attached hydrogens (primary N) is 1. The molecule has 0 atom stereocenters. The molecule has 102 valence electrons. The molecule has 0 saturated heterocycles. The minimum atomic E-state index is 0.667. The standard InChI is InChI=1S/C16H16N2S2/c17-9-8-14-16(12-5-2-1-3-6-12)18-15(20-14)11-13-7-4-10-19-13/h1-7,10H,8-9,11,17H2. The minimum absolute atomic E-state index is 0.667. The summed E-state index contributed by atoms with van der Waals surface area (Å²) in [5.41, 5.74) is 8.02. The Labute approximate surface area is 126 Å². The van der Waals surface area contributed by atoms with Gasteiger partial charge in [0.25, 0.3) is 0 Å². The molecule has 2 aromatic heterocycles. The summed E-state index contributed by atoms with van der Waals surface area (Å²) in [6.45, 7) is 0.667. The van der Waals surface area contributed by atoms with Crippen molar-refractivity contribution in [2.45, 2.75) is 12.8 Å². The van der Waals surface area contributed by atoms with Crippen LogP contribution in [0.25, 0.3) is 11.3 Å². The molecule has 0 aliphatic rings. The number of rotatable bonds is 5. The second-order valence-electron chi connectivity index (χ2n) is 4.54. The van der Waals surface area contributed by atoms with Crippen molar-refractivity contribution in [2.24, 2.45) is 5.73 Å². The molecule has 0 aliphatic carbocycles. The lowest BCUT2D eigenvalue weighted by Gasteiger charge is -2.00. The molecular weight excluding hydrogens is 284 g/mol. The van der Waals surface area contributed by atoms with Gasteiger partial charge in [0.2, 0.25) is 0 Å². The molecule has 0 bridgehead atoms. The predicted molar refractivity (Wildman–Crippen MR) is 87.4 cm³/mol. The van der Waals surface area contributed by atoms with Crippen LogP contribution < -0.4 is 5.73 Å². The highest BCUT2D eigenvalue weighted by Crippen LogP contribution is 2.30. The van der Waals surface area contributed by atoms with Gasteiger partial charge < -0.3 is 5.73 Å². The van der Waals surface area contributed by atoms with E-state index in [0.29, 0.717) is 6.54 Å². The van der Waals surface area contributed by atoms with Gasteiger partial charge in [0.1, 0.15) is 0 Å². The van der Waals surface area contributed by atoms with Gasteiger partial charge >= 0.3 is 0 Å². The van der Waals surface area contributed by atoms with Crippen molar-refractivity contribution in [3.05, 3.63) is 62.6 Å². The maximum Gasteiger partial charge on any atom is 0.0987 e. The Morgan fingerprint density at radius 2 is 1.90 bits per heavy atom. The Bertz CT molecular complexity index is 657. The summed E-state index contributed by atoms with van der Waals surface area (Å²) in [5, 5.41) is 3.29. The fourth-order valence-corrected chi connectivity index (χ4v) is 4.09. The highest BCUT2D eigenvalue weighted by Gasteiger charge is 2.13. The van der Waals surface area contributed by atoms with Gasteiger partial charge in [0.15, 0.2) is 0 Å². The molecule has 0 radical (unpaired) electrons. The van der Waals surface area contributed by atoms with E-state index in [1.807, 2.05) is 6.07 Å². The molecule has 0 aliphatic heterocycles. The highest BCUT2D eigenvalue weighted by molar-refractivity contribution is 7.12. The molecule has 3 aromatic rings. The van der Waals surface area contributed by atoms with Crippen LogP contribution in [0.5, 0.6) is 0 Å². The largest absolute Gasteiger partial charge is 0.330 e. The van der Waals surface area contributed by atoms with E-state index in [4.69, 9.17) is 10.7 Å². The molecular formula is C16H16N2S2. The number of thiophene rings is 1. The van der Waals surface area contributed by atoms with Crippen LogP contribution in [0.4, 0.5) is 0 Å². The van der Waals surface area contributed by atoms with Crippen LogP contribution in [0.3, 0.4) is 0 Å². The zero-order chi connectivity index (χ0) is 13.8. The topological polar surface area (TPSA) is 38.9 Å². The van der Waals surface area contributed by atoms with Gasteiger partial charge in [0, 0.05) is 21.7 Å². The summed E-state index contributed by atoms with van der Waals surface area (Å²) in [7, 11) is 0. The van der Waals surface area contributed by atoms with Crippen LogP contribution in [0.2, 0.25) is 0 Å². The first-order chi connectivity index (χ1) is 9.86. The molecule has 2 nitrogen and oxygen atoms in total. The summed E-state index contributed by atoms with van der Waals surface area (Å²) < 4.78 is 0. The number of aromatic nitrogens is 1. The first kappa shape index (κ1) is 13.5. The van der Waals surface area contributed by atoms with E-state index in [1.54, 1.807) is 22.7 Å². The predicted octanol–water partition coefficient (Wildman–Crippen LogP) is 3.96. The van der Waals surface area contributed by atoms with Gasteiger partial charge in [-0.2, -0.15) is 0 Å². The van der Waals surface area contributed by atoms with E-state index in [-0.39, 0.29) is 0 Å². The molecule has 3 rings (SSSR count). The van der Waals surface area contributed by atoms with Crippen molar-refractivity contribution in [2.75, 3.05) is 6.54 Å². The highest BCUT2D eigenvalue weighted by atomic mass is 32.1. The third kappa shape index (κ3) is 2.98. The summed E-state index contributed by atoms with van der Waals surface area (Å²) in [6.07, 6.45) is 1.82. The second kappa shape index (κ2) is 6.31. The second-order valence-corrected chi connectivity index (χ2v) is 6.74. The Balaban J connectivity index is 1.94. The molecule has 0 saturated carbocycles. The third-order valence-corrected chi connectivity index (χ3v) is 5.06. The Hall–Kier alpha value is -1.49. The van der Waals surface area contributed by atoms with Gasteiger partial charge in [0.05, 0.1) is 10.7 Å². The van der Waals surface area contributed by atoms with E-state index >= 15 is 0 Å². The van der Waals surface area contributed by atoms with Crippen LogP contribution in [0, 0.1) is 0 Å². The average Bonchev–Trinajstić information content (AvgIpc) is 3.11. The molecule has 0 spiro atoms. The molecule has 2 heterocycles. The molecule has 1 aromatic carbocycles. The van der Waals surface area contributed by atoms with Crippen molar-refractivity contribution in [1.82, 2.24) is 4.98 Å².